The number of nitrogens with zero attached hydrogens (tertiary/aromatic N) is 1. The summed E-state index contributed by atoms with van der Waals surface area (Å²) in [5.74, 6) is -0.267. The van der Waals surface area contributed by atoms with Crippen LogP contribution in [-0.4, -0.2) is 36.4 Å². The number of hydrogen-bond donors (Lipinski definition) is 0. The molecule has 0 amide bonds. The summed E-state index contributed by atoms with van der Waals surface area (Å²) in [4.78, 5) is 14.8. The van der Waals surface area contributed by atoms with Crippen molar-refractivity contribution >= 4 is 23.8 Å². The lowest BCUT2D eigenvalue weighted by Crippen LogP contribution is -2.47. The Hall–Kier alpha value is -1.39. The minimum Gasteiger partial charge on any atom is -0.486 e. The second-order valence-electron chi connectivity index (χ2n) is 5.28. The minimum absolute atomic E-state index is 0. The SMILES string of the molecule is CN1CCC2(CC1)OC=C(c1ccc(F)cc1)C2=O.Cl. The van der Waals surface area contributed by atoms with Gasteiger partial charge in [-0.2, -0.15) is 0 Å². The molecule has 20 heavy (non-hydrogen) atoms. The van der Waals surface area contributed by atoms with Gasteiger partial charge in [-0.1, -0.05) is 12.1 Å². The molecule has 2 heterocycles. The predicted molar refractivity (Wildman–Crippen MR) is 77.2 cm³/mol. The van der Waals surface area contributed by atoms with E-state index in [1.807, 2.05) is 7.05 Å². The van der Waals surface area contributed by atoms with Crippen molar-refractivity contribution in [2.75, 3.05) is 20.1 Å². The van der Waals surface area contributed by atoms with E-state index in [1.54, 1.807) is 18.4 Å². The third-order valence-corrected chi connectivity index (χ3v) is 4.01. The molecule has 1 aromatic rings. The van der Waals surface area contributed by atoms with E-state index in [1.165, 1.54) is 12.1 Å². The molecular weight excluding hydrogens is 281 g/mol. The maximum Gasteiger partial charge on any atom is 0.210 e. The van der Waals surface area contributed by atoms with Crippen LogP contribution in [0.2, 0.25) is 0 Å². The molecule has 5 heteroatoms. The van der Waals surface area contributed by atoms with Crippen LogP contribution >= 0.6 is 12.4 Å². The Morgan fingerprint density at radius 3 is 2.40 bits per heavy atom. The van der Waals surface area contributed by atoms with E-state index in [4.69, 9.17) is 4.74 Å². The summed E-state index contributed by atoms with van der Waals surface area (Å²) in [5.41, 5.74) is 0.600. The van der Waals surface area contributed by atoms with Gasteiger partial charge >= 0.3 is 0 Å². The summed E-state index contributed by atoms with van der Waals surface area (Å²) in [6.07, 6.45) is 2.97. The van der Waals surface area contributed by atoms with Crippen molar-refractivity contribution in [3.05, 3.63) is 41.9 Å². The monoisotopic (exact) mass is 297 g/mol. The Labute approximate surface area is 123 Å². The maximum absolute atomic E-state index is 12.9. The van der Waals surface area contributed by atoms with Gasteiger partial charge in [0.05, 0.1) is 11.8 Å². The number of likely N-dealkylation sites (tertiary alicyclic amines) is 1. The minimum atomic E-state index is -0.684. The molecule has 0 aliphatic carbocycles. The average Bonchev–Trinajstić information content (AvgIpc) is 2.73. The molecule has 3 nitrogen and oxygen atoms in total. The molecule has 108 valence electrons. The summed E-state index contributed by atoms with van der Waals surface area (Å²) in [6.45, 7) is 1.71. The summed E-state index contributed by atoms with van der Waals surface area (Å²) >= 11 is 0. The van der Waals surface area contributed by atoms with Crippen molar-refractivity contribution in [3.8, 4) is 0 Å². The number of ether oxygens (including phenoxy) is 1. The largest absolute Gasteiger partial charge is 0.486 e. The number of carbonyl (C=O) groups is 1. The molecule has 1 spiro atoms. The number of carbonyl (C=O) groups excluding carboxylic acids is 1. The normalized spacial score (nSPS) is 21.3. The van der Waals surface area contributed by atoms with Gasteiger partial charge in [0.2, 0.25) is 5.78 Å². The molecule has 0 radical (unpaired) electrons. The van der Waals surface area contributed by atoms with E-state index >= 15 is 0 Å². The molecule has 0 bridgehead atoms. The van der Waals surface area contributed by atoms with Gasteiger partial charge in [0.15, 0.2) is 5.60 Å². The molecule has 0 unspecified atom stereocenters. The molecule has 1 aromatic carbocycles. The van der Waals surface area contributed by atoms with Gasteiger partial charge in [0.25, 0.3) is 0 Å². The summed E-state index contributed by atoms with van der Waals surface area (Å²) in [6, 6.07) is 5.97. The molecule has 0 N–H and O–H groups in total. The van der Waals surface area contributed by atoms with Crippen LogP contribution in [0.4, 0.5) is 4.39 Å². The Morgan fingerprint density at radius 2 is 1.80 bits per heavy atom. The van der Waals surface area contributed by atoms with Gasteiger partial charge in [0.1, 0.15) is 5.82 Å². The third-order valence-electron chi connectivity index (χ3n) is 4.01. The zero-order chi connectivity index (χ0) is 13.5. The quantitative estimate of drug-likeness (QED) is 0.798. The molecule has 1 saturated heterocycles. The standard InChI is InChI=1S/C15H16FNO2.ClH/c1-17-8-6-15(7-9-17)14(18)13(10-19-15)11-2-4-12(16)5-3-11;/h2-5,10H,6-9H2,1H3;1H. The Balaban J connectivity index is 0.00000147. The lowest BCUT2D eigenvalue weighted by Gasteiger charge is -2.35. The first-order valence-electron chi connectivity index (χ1n) is 6.48. The molecule has 0 atom stereocenters. The van der Waals surface area contributed by atoms with Crippen LogP contribution in [0.5, 0.6) is 0 Å². The smallest absolute Gasteiger partial charge is 0.210 e. The van der Waals surface area contributed by atoms with E-state index < -0.39 is 5.60 Å². The van der Waals surface area contributed by atoms with Crippen molar-refractivity contribution in [1.82, 2.24) is 4.90 Å². The zero-order valence-corrected chi connectivity index (χ0v) is 12.1. The van der Waals surface area contributed by atoms with Crippen LogP contribution < -0.4 is 0 Å². The van der Waals surface area contributed by atoms with E-state index in [9.17, 15) is 9.18 Å². The van der Waals surface area contributed by atoms with Crippen LogP contribution in [-0.2, 0) is 9.53 Å². The van der Waals surface area contributed by atoms with Crippen molar-refractivity contribution < 1.29 is 13.9 Å². The van der Waals surface area contributed by atoms with Crippen molar-refractivity contribution in [2.24, 2.45) is 0 Å². The van der Waals surface area contributed by atoms with Crippen molar-refractivity contribution in [2.45, 2.75) is 18.4 Å². The van der Waals surface area contributed by atoms with Gasteiger partial charge < -0.3 is 9.64 Å². The topological polar surface area (TPSA) is 29.5 Å². The Kier molecular flexibility index (Phi) is 4.16. The Morgan fingerprint density at radius 1 is 1.20 bits per heavy atom. The fraction of sp³-hybridized carbons (Fsp3) is 0.400. The fourth-order valence-electron chi connectivity index (χ4n) is 2.68. The van der Waals surface area contributed by atoms with Gasteiger partial charge in [-0.3, -0.25) is 4.79 Å². The molecule has 2 aliphatic heterocycles. The second-order valence-corrected chi connectivity index (χ2v) is 5.28. The Bertz CT molecular complexity index is 533. The molecular formula is C15H17ClFNO2. The second kappa shape index (κ2) is 5.54. The number of Topliss-reactive ketones (excluding diaryl/α,β-unsaturated/α-hetero) is 1. The lowest BCUT2D eigenvalue weighted by molar-refractivity contribution is -0.132. The number of ketones is 1. The number of hydrogen-bond acceptors (Lipinski definition) is 3. The van der Waals surface area contributed by atoms with Crippen LogP contribution in [0, 0.1) is 5.82 Å². The summed E-state index contributed by atoms with van der Waals surface area (Å²) in [7, 11) is 2.04. The third kappa shape index (κ3) is 2.45. The maximum atomic E-state index is 12.9. The first kappa shape index (κ1) is 15.0. The van der Waals surface area contributed by atoms with Gasteiger partial charge in [-0.15, -0.1) is 12.4 Å². The first-order valence-corrected chi connectivity index (χ1v) is 6.48. The molecule has 0 saturated carbocycles. The van der Waals surface area contributed by atoms with Crippen LogP contribution in [0.25, 0.3) is 5.57 Å². The van der Waals surface area contributed by atoms with Crippen molar-refractivity contribution in [1.29, 1.82) is 0 Å². The summed E-state index contributed by atoms with van der Waals surface area (Å²) < 4.78 is 18.6. The van der Waals surface area contributed by atoms with Gasteiger partial charge in [0, 0.05) is 25.9 Å². The van der Waals surface area contributed by atoms with E-state index in [-0.39, 0.29) is 24.0 Å². The molecule has 2 aliphatic rings. The van der Waals surface area contributed by atoms with Gasteiger partial charge in [-0.25, -0.2) is 4.39 Å². The molecule has 1 fully saturated rings. The number of piperidine rings is 1. The zero-order valence-electron chi connectivity index (χ0n) is 11.3. The molecule has 3 rings (SSSR count). The van der Waals surface area contributed by atoms with Crippen LogP contribution in [0.15, 0.2) is 30.5 Å². The number of benzene rings is 1. The van der Waals surface area contributed by atoms with Gasteiger partial charge in [-0.05, 0) is 24.7 Å². The highest BCUT2D eigenvalue weighted by Gasteiger charge is 2.47. The first-order chi connectivity index (χ1) is 9.11. The predicted octanol–water partition coefficient (Wildman–Crippen LogP) is 2.65. The van der Waals surface area contributed by atoms with E-state index in [0.717, 1.165) is 18.7 Å². The lowest BCUT2D eigenvalue weighted by atomic mass is 9.84. The average molecular weight is 298 g/mol. The van der Waals surface area contributed by atoms with E-state index in [0.29, 0.717) is 18.4 Å². The highest BCUT2D eigenvalue weighted by molar-refractivity contribution is 6.26. The summed E-state index contributed by atoms with van der Waals surface area (Å²) in [5, 5.41) is 0. The highest BCUT2D eigenvalue weighted by atomic mass is 35.5. The van der Waals surface area contributed by atoms with Crippen LogP contribution in [0.3, 0.4) is 0 Å². The van der Waals surface area contributed by atoms with E-state index in [2.05, 4.69) is 4.90 Å². The fourth-order valence-corrected chi connectivity index (χ4v) is 2.68. The highest BCUT2D eigenvalue weighted by Crippen LogP contribution is 2.38. The molecule has 0 aromatic heterocycles. The van der Waals surface area contributed by atoms with Crippen LogP contribution in [0.1, 0.15) is 18.4 Å². The number of halogens is 2. The van der Waals surface area contributed by atoms with Crippen molar-refractivity contribution in [3.63, 3.8) is 0 Å². The number of rotatable bonds is 1.